The Kier molecular flexibility index (Phi) is 7.32. The maximum atomic E-state index is 14.2. The monoisotopic (exact) mass is 533 g/mol. The molecule has 0 aliphatic heterocycles. The van der Waals surface area contributed by atoms with Gasteiger partial charge in [-0.25, -0.2) is 4.98 Å². The Morgan fingerprint density at radius 2 is 1.95 bits per heavy atom. The van der Waals surface area contributed by atoms with Crippen LogP contribution in [0.25, 0.3) is 11.3 Å². The van der Waals surface area contributed by atoms with Crippen LogP contribution in [0, 0.1) is 6.92 Å². The number of carbonyl (C=O) groups excluding carboxylic acids is 1. The van der Waals surface area contributed by atoms with Crippen LogP contribution in [-0.2, 0) is 23.2 Å². The van der Waals surface area contributed by atoms with E-state index >= 15 is 0 Å². The van der Waals surface area contributed by atoms with Crippen LogP contribution in [0.3, 0.4) is 0 Å². The number of amides is 1. The first-order chi connectivity index (χ1) is 17.8. The molecule has 1 spiro atoms. The maximum absolute atomic E-state index is 14.2. The molecule has 1 saturated carbocycles. The number of carbonyl (C=O) groups is 1. The number of benzene rings is 2. The molecule has 5 nitrogen and oxygen atoms in total. The number of aryl methyl sites for hydroxylation is 1. The van der Waals surface area contributed by atoms with Gasteiger partial charge < -0.3 is 5.32 Å². The van der Waals surface area contributed by atoms with Crippen molar-refractivity contribution in [3.63, 3.8) is 0 Å². The van der Waals surface area contributed by atoms with Gasteiger partial charge in [-0.05, 0) is 56.4 Å². The standard InChI is InChI=1S/C30H32ClN3O2S/c1-19(2)17-34-28(36)26-27(23-10-6-5-9-21(23)16-30(26)13-7-4-8-14-30)33-29(34)37-18-25(35)32-24-15-22(31)12-11-20(24)3/h5-6,9-12,15H,1,4,7-8,13-14,16-18H2,2-3H3,(H,32,35). The van der Waals surface area contributed by atoms with Crippen molar-refractivity contribution < 1.29 is 4.79 Å². The summed E-state index contributed by atoms with van der Waals surface area (Å²) in [5.74, 6) is -0.0477. The van der Waals surface area contributed by atoms with E-state index in [4.69, 9.17) is 16.6 Å². The molecule has 0 saturated heterocycles. The molecule has 1 N–H and O–H groups in total. The topological polar surface area (TPSA) is 64.0 Å². The first kappa shape index (κ1) is 25.8. The quantitative estimate of drug-likeness (QED) is 0.212. The summed E-state index contributed by atoms with van der Waals surface area (Å²) in [5.41, 5.74) is 6.27. The predicted molar refractivity (Wildman–Crippen MR) is 153 cm³/mol. The normalized spacial score (nSPS) is 15.6. The fourth-order valence-corrected chi connectivity index (χ4v) is 6.75. The van der Waals surface area contributed by atoms with Crippen LogP contribution in [0.4, 0.5) is 5.69 Å². The highest BCUT2D eigenvalue weighted by Crippen LogP contribution is 2.48. The molecule has 37 heavy (non-hydrogen) atoms. The van der Waals surface area contributed by atoms with Gasteiger partial charge in [0.05, 0.1) is 17.0 Å². The second kappa shape index (κ2) is 10.5. The largest absolute Gasteiger partial charge is 0.325 e. The van der Waals surface area contributed by atoms with Crippen LogP contribution in [0.15, 0.2) is 64.6 Å². The zero-order chi connectivity index (χ0) is 26.2. The number of rotatable bonds is 6. The van der Waals surface area contributed by atoms with Crippen molar-refractivity contribution in [1.29, 1.82) is 0 Å². The molecule has 5 rings (SSSR count). The van der Waals surface area contributed by atoms with Crippen molar-refractivity contribution >= 4 is 35.0 Å². The Balaban J connectivity index is 1.55. The molecule has 0 unspecified atom stereocenters. The molecule has 1 heterocycles. The number of thioether (sulfide) groups is 1. The smallest absolute Gasteiger partial charge is 0.258 e. The highest BCUT2D eigenvalue weighted by Gasteiger charge is 2.43. The average molecular weight is 534 g/mol. The van der Waals surface area contributed by atoms with Crippen molar-refractivity contribution in [2.75, 3.05) is 11.1 Å². The highest BCUT2D eigenvalue weighted by atomic mass is 35.5. The number of allylic oxidation sites excluding steroid dienone is 1. The Bertz CT molecular complexity index is 1440. The minimum absolute atomic E-state index is 0.0120. The van der Waals surface area contributed by atoms with Gasteiger partial charge in [-0.15, -0.1) is 0 Å². The van der Waals surface area contributed by atoms with E-state index in [0.717, 1.165) is 60.1 Å². The summed E-state index contributed by atoms with van der Waals surface area (Å²) in [5, 5.41) is 4.06. The van der Waals surface area contributed by atoms with Gasteiger partial charge in [-0.1, -0.05) is 85.1 Å². The van der Waals surface area contributed by atoms with Gasteiger partial charge in [0.15, 0.2) is 5.16 Å². The van der Waals surface area contributed by atoms with Gasteiger partial charge in [0.1, 0.15) is 0 Å². The van der Waals surface area contributed by atoms with E-state index in [2.05, 4.69) is 30.1 Å². The van der Waals surface area contributed by atoms with Crippen molar-refractivity contribution in [2.45, 2.75) is 69.5 Å². The highest BCUT2D eigenvalue weighted by molar-refractivity contribution is 7.99. The molecule has 0 bridgehead atoms. The summed E-state index contributed by atoms with van der Waals surface area (Å²) in [7, 11) is 0. The molecule has 0 atom stereocenters. The third kappa shape index (κ3) is 5.14. The first-order valence-electron chi connectivity index (χ1n) is 12.8. The Morgan fingerprint density at radius 3 is 2.70 bits per heavy atom. The van der Waals surface area contributed by atoms with Crippen LogP contribution in [0.1, 0.15) is 55.7 Å². The molecule has 2 aliphatic carbocycles. The predicted octanol–water partition coefficient (Wildman–Crippen LogP) is 6.94. The van der Waals surface area contributed by atoms with Crippen molar-refractivity contribution in [3.05, 3.63) is 86.7 Å². The number of nitrogens with one attached hydrogen (secondary N) is 1. The fraction of sp³-hybridized carbons (Fsp3) is 0.367. The Morgan fingerprint density at radius 1 is 1.19 bits per heavy atom. The zero-order valence-electron chi connectivity index (χ0n) is 21.4. The Hall–Kier alpha value is -2.83. The Labute approximate surface area is 227 Å². The van der Waals surface area contributed by atoms with E-state index in [9.17, 15) is 9.59 Å². The van der Waals surface area contributed by atoms with Gasteiger partial charge in [0.2, 0.25) is 5.91 Å². The minimum atomic E-state index is -0.173. The summed E-state index contributed by atoms with van der Waals surface area (Å²) in [6, 6.07) is 13.7. The van der Waals surface area contributed by atoms with Crippen molar-refractivity contribution in [2.24, 2.45) is 0 Å². The van der Waals surface area contributed by atoms with Crippen molar-refractivity contribution in [3.8, 4) is 11.3 Å². The third-order valence-corrected chi connectivity index (χ3v) is 8.72. The van der Waals surface area contributed by atoms with Gasteiger partial charge >= 0.3 is 0 Å². The summed E-state index contributed by atoms with van der Waals surface area (Å²) in [4.78, 5) is 32.2. The van der Waals surface area contributed by atoms with E-state index in [1.807, 2.05) is 26.0 Å². The van der Waals surface area contributed by atoms with E-state index in [-0.39, 0.29) is 22.6 Å². The summed E-state index contributed by atoms with van der Waals surface area (Å²) in [6.07, 6.45) is 6.36. The SMILES string of the molecule is C=C(C)Cn1c(SCC(=O)Nc2cc(Cl)ccc2C)nc2c(c1=O)C1(CCCCC1)Cc1ccccc1-2. The maximum Gasteiger partial charge on any atom is 0.258 e. The molecule has 0 radical (unpaired) electrons. The number of nitrogens with zero attached hydrogens (tertiary/aromatic N) is 2. The van der Waals surface area contributed by atoms with E-state index in [0.29, 0.717) is 22.4 Å². The molecule has 3 aromatic rings. The molecule has 2 aliphatic rings. The van der Waals surface area contributed by atoms with Gasteiger partial charge in [-0.2, -0.15) is 0 Å². The number of anilines is 1. The molecule has 2 aromatic carbocycles. The van der Waals surface area contributed by atoms with E-state index in [1.54, 1.807) is 16.7 Å². The van der Waals surface area contributed by atoms with Crippen LogP contribution in [0.2, 0.25) is 5.02 Å². The van der Waals surface area contributed by atoms with Crippen LogP contribution in [-0.4, -0.2) is 21.2 Å². The number of hydrogen-bond acceptors (Lipinski definition) is 4. The molecule has 1 fully saturated rings. The lowest BCUT2D eigenvalue weighted by molar-refractivity contribution is -0.113. The van der Waals surface area contributed by atoms with Gasteiger partial charge in [0, 0.05) is 28.2 Å². The third-order valence-electron chi connectivity index (χ3n) is 7.51. The average Bonchev–Trinajstić information content (AvgIpc) is 2.87. The molecule has 7 heteroatoms. The van der Waals surface area contributed by atoms with Crippen LogP contribution >= 0.6 is 23.4 Å². The molecular formula is C30H32ClN3O2S. The summed E-state index contributed by atoms with van der Waals surface area (Å²) < 4.78 is 1.73. The zero-order valence-corrected chi connectivity index (χ0v) is 23.0. The second-order valence-electron chi connectivity index (χ2n) is 10.4. The first-order valence-corrected chi connectivity index (χ1v) is 14.2. The van der Waals surface area contributed by atoms with Crippen molar-refractivity contribution in [1.82, 2.24) is 9.55 Å². The molecular weight excluding hydrogens is 502 g/mol. The number of hydrogen-bond donors (Lipinski definition) is 1. The molecule has 192 valence electrons. The lowest BCUT2D eigenvalue weighted by atomic mass is 9.62. The lowest BCUT2D eigenvalue weighted by Gasteiger charge is -2.42. The molecule has 1 amide bonds. The lowest BCUT2D eigenvalue weighted by Crippen LogP contribution is -2.43. The molecule has 1 aromatic heterocycles. The van der Waals surface area contributed by atoms with Gasteiger partial charge in [0.25, 0.3) is 5.56 Å². The van der Waals surface area contributed by atoms with E-state index < -0.39 is 0 Å². The number of fused-ring (bicyclic) bond motifs is 4. The van der Waals surface area contributed by atoms with Gasteiger partial charge in [-0.3, -0.25) is 14.2 Å². The van der Waals surface area contributed by atoms with Crippen LogP contribution < -0.4 is 10.9 Å². The fourth-order valence-electron chi connectivity index (χ4n) is 5.79. The summed E-state index contributed by atoms with van der Waals surface area (Å²) in [6.45, 7) is 8.29. The number of aromatic nitrogens is 2. The minimum Gasteiger partial charge on any atom is -0.325 e. The second-order valence-corrected chi connectivity index (χ2v) is 11.8. The number of halogens is 1. The van der Waals surface area contributed by atoms with Crippen LogP contribution in [0.5, 0.6) is 0 Å². The summed E-state index contributed by atoms with van der Waals surface area (Å²) >= 11 is 7.41. The van der Waals surface area contributed by atoms with E-state index in [1.165, 1.54) is 23.7 Å².